The SMILES string of the molecule is C[CH]SC(=S)N(C)C. The molecule has 3 heteroatoms. The summed E-state index contributed by atoms with van der Waals surface area (Å²) in [7, 11) is 3.89. The standard InChI is InChI=1S/C5H10NS2/c1-4-8-5(7)6(2)3/h4H,1-3H3. The van der Waals surface area contributed by atoms with E-state index in [1.807, 2.05) is 31.7 Å². The molecule has 1 nitrogen and oxygen atoms in total. The molecule has 0 saturated carbocycles. The van der Waals surface area contributed by atoms with Crippen molar-refractivity contribution in [2.24, 2.45) is 0 Å². The molecule has 0 spiro atoms. The zero-order valence-corrected chi connectivity index (χ0v) is 6.97. The monoisotopic (exact) mass is 148 g/mol. The van der Waals surface area contributed by atoms with Crippen molar-refractivity contribution >= 4 is 28.3 Å². The van der Waals surface area contributed by atoms with Crippen LogP contribution in [0.25, 0.3) is 0 Å². The van der Waals surface area contributed by atoms with Gasteiger partial charge < -0.3 is 4.90 Å². The van der Waals surface area contributed by atoms with Crippen LogP contribution >= 0.6 is 24.0 Å². The van der Waals surface area contributed by atoms with Crippen molar-refractivity contribution in [3.63, 3.8) is 0 Å². The molecule has 0 aromatic rings. The highest BCUT2D eigenvalue weighted by Crippen LogP contribution is 2.08. The molecular weight excluding hydrogens is 138 g/mol. The Hall–Kier alpha value is 0.240. The van der Waals surface area contributed by atoms with E-state index >= 15 is 0 Å². The largest absolute Gasteiger partial charge is 0.364 e. The van der Waals surface area contributed by atoms with Crippen molar-refractivity contribution < 1.29 is 0 Å². The van der Waals surface area contributed by atoms with E-state index < -0.39 is 0 Å². The minimum absolute atomic E-state index is 0.910. The number of nitrogens with zero attached hydrogens (tertiary/aromatic N) is 1. The number of thioether (sulfide) groups is 1. The van der Waals surface area contributed by atoms with Crippen LogP contribution in [0.15, 0.2) is 0 Å². The van der Waals surface area contributed by atoms with E-state index in [2.05, 4.69) is 0 Å². The van der Waals surface area contributed by atoms with Gasteiger partial charge >= 0.3 is 0 Å². The Labute approximate surface area is 60.4 Å². The molecule has 0 saturated heterocycles. The van der Waals surface area contributed by atoms with Crippen LogP contribution in [0.1, 0.15) is 6.92 Å². The first-order valence-corrected chi connectivity index (χ1v) is 3.63. The first-order valence-electron chi connectivity index (χ1n) is 2.34. The van der Waals surface area contributed by atoms with E-state index in [9.17, 15) is 0 Å². The Kier molecular flexibility index (Phi) is 4.28. The van der Waals surface area contributed by atoms with Crippen LogP contribution in [0.5, 0.6) is 0 Å². The second-order valence-corrected chi connectivity index (χ2v) is 3.25. The second-order valence-electron chi connectivity index (χ2n) is 1.51. The molecule has 0 amide bonds. The average Bonchev–Trinajstić information content (AvgIpc) is 1.67. The van der Waals surface area contributed by atoms with Crippen molar-refractivity contribution in [3.05, 3.63) is 5.75 Å². The molecule has 8 heavy (non-hydrogen) atoms. The lowest BCUT2D eigenvalue weighted by atomic mass is 11.0. The normalized spacial score (nSPS) is 8.88. The molecule has 0 rings (SSSR count). The molecule has 0 atom stereocenters. The fraction of sp³-hybridized carbons (Fsp3) is 0.600. The topological polar surface area (TPSA) is 3.24 Å². The molecule has 0 fully saturated rings. The molecule has 0 aliphatic carbocycles. The van der Waals surface area contributed by atoms with E-state index in [0.717, 1.165) is 4.32 Å². The van der Waals surface area contributed by atoms with Crippen molar-refractivity contribution in [1.82, 2.24) is 4.90 Å². The number of hydrogen-bond donors (Lipinski definition) is 0. The molecule has 0 aliphatic heterocycles. The van der Waals surface area contributed by atoms with Gasteiger partial charge in [-0.1, -0.05) is 30.9 Å². The van der Waals surface area contributed by atoms with Gasteiger partial charge in [-0.15, -0.1) is 0 Å². The average molecular weight is 148 g/mol. The molecule has 0 aromatic heterocycles. The van der Waals surface area contributed by atoms with Gasteiger partial charge in [-0.2, -0.15) is 0 Å². The molecule has 0 bridgehead atoms. The highest BCUT2D eigenvalue weighted by atomic mass is 32.2. The van der Waals surface area contributed by atoms with Gasteiger partial charge in [-0.25, -0.2) is 0 Å². The van der Waals surface area contributed by atoms with Gasteiger partial charge in [-0.3, -0.25) is 0 Å². The summed E-state index contributed by atoms with van der Waals surface area (Å²) >= 11 is 6.51. The van der Waals surface area contributed by atoms with E-state index in [-0.39, 0.29) is 0 Å². The fourth-order valence-corrected chi connectivity index (χ4v) is 0.907. The summed E-state index contributed by atoms with van der Waals surface area (Å²) in [5.41, 5.74) is 0. The van der Waals surface area contributed by atoms with Crippen LogP contribution in [0, 0.1) is 5.75 Å². The van der Waals surface area contributed by atoms with Gasteiger partial charge in [0.25, 0.3) is 0 Å². The summed E-state index contributed by atoms with van der Waals surface area (Å²) in [5.74, 6) is 1.97. The maximum Gasteiger partial charge on any atom is 0.136 e. The predicted octanol–water partition coefficient (Wildman–Crippen LogP) is 1.75. The van der Waals surface area contributed by atoms with Gasteiger partial charge in [0, 0.05) is 19.8 Å². The maximum absolute atomic E-state index is 4.93. The number of hydrogen-bond acceptors (Lipinski definition) is 2. The second kappa shape index (κ2) is 4.15. The Bertz CT molecular complexity index is 80.5. The molecule has 47 valence electrons. The first kappa shape index (κ1) is 8.24. The third-order valence-electron chi connectivity index (χ3n) is 0.584. The summed E-state index contributed by atoms with van der Waals surface area (Å²) in [5, 5.41) is 0. The molecule has 0 N–H and O–H groups in total. The fourth-order valence-electron chi connectivity index (χ4n) is 0.206. The smallest absolute Gasteiger partial charge is 0.136 e. The van der Waals surface area contributed by atoms with Crippen LogP contribution < -0.4 is 0 Å². The summed E-state index contributed by atoms with van der Waals surface area (Å²) < 4.78 is 0.910. The van der Waals surface area contributed by atoms with Crippen molar-refractivity contribution in [3.8, 4) is 0 Å². The highest BCUT2D eigenvalue weighted by Gasteiger charge is 1.94. The predicted molar refractivity (Wildman–Crippen MR) is 43.9 cm³/mol. The van der Waals surface area contributed by atoms with Crippen LogP contribution in [0.2, 0.25) is 0 Å². The molecule has 0 unspecified atom stereocenters. The quantitative estimate of drug-likeness (QED) is 0.522. The van der Waals surface area contributed by atoms with Crippen LogP contribution in [-0.4, -0.2) is 23.3 Å². The third-order valence-corrected chi connectivity index (χ3v) is 2.04. The summed E-state index contributed by atoms with van der Waals surface area (Å²) in [6, 6.07) is 0. The van der Waals surface area contributed by atoms with Crippen molar-refractivity contribution in [2.75, 3.05) is 14.1 Å². The van der Waals surface area contributed by atoms with Gasteiger partial charge in [0.2, 0.25) is 0 Å². The maximum atomic E-state index is 4.93. The summed E-state index contributed by atoms with van der Waals surface area (Å²) in [6.45, 7) is 1.97. The van der Waals surface area contributed by atoms with Gasteiger partial charge in [0.1, 0.15) is 4.32 Å². The lowest BCUT2D eigenvalue weighted by molar-refractivity contribution is 0.648. The third kappa shape index (κ3) is 3.27. The molecule has 0 aliphatic rings. The van der Waals surface area contributed by atoms with Gasteiger partial charge in [0.05, 0.1) is 0 Å². The zero-order chi connectivity index (χ0) is 6.57. The summed E-state index contributed by atoms with van der Waals surface area (Å²) in [4.78, 5) is 1.92. The molecule has 1 radical (unpaired) electrons. The highest BCUT2D eigenvalue weighted by molar-refractivity contribution is 8.24. The van der Waals surface area contributed by atoms with E-state index in [4.69, 9.17) is 12.2 Å². The number of thiocarbonyl (C=S) groups is 1. The first-order chi connectivity index (χ1) is 3.68. The molecule has 0 aromatic carbocycles. The summed E-state index contributed by atoms with van der Waals surface area (Å²) in [6.07, 6.45) is 0. The minimum Gasteiger partial charge on any atom is -0.364 e. The lowest BCUT2D eigenvalue weighted by Crippen LogP contribution is -2.15. The van der Waals surface area contributed by atoms with Crippen LogP contribution in [0.3, 0.4) is 0 Å². The van der Waals surface area contributed by atoms with E-state index in [1.54, 1.807) is 11.8 Å². The van der Waals surface area contributed by atoms with Crippen molar-refractivity contribution in [1.29, 1.82) is 0 Å². The Morgan fingerprint density at radius 2 is 2.12 bits per heavy atom. The zero-order valence-electron chi connectivity index (χ0n) is 5.34. The molecular formula is C5H10NS2. The Morgan fingerprint density at radius 1 is 1.62 bits per heavy atom. The van der Waals surface area contributed by atoms with E-state index in [1.165, 1.54) is 0 Å². The van der Waals surface area contributed by atoms with Gasteiger partial charge in [0.15, 0.2) is 0 Å². The van der Waals surface area contributed by atoms with Crippen LogP contribution in [-0.2, 0) is 0 Å². The van der Waals surface area contributed by atoms with Crippen molar-refractivity contribution in [2.45, 2.75) is 6.92 Å². The van der Waals surface area contributed by atoms with Crippen LogP contribution in [0.4, 0.5) is 0 Å². The molecule has 0 heterocycles. The lowest BCUT2D eigenvalue weighted by Gasteiger charge is -2.10. The number of rotatable bonds is 1. The minimum atomic E-state index is 0.910. The van der Waals surface area contributed by atoms with E-state index in [0.29, 0.717) is 0 Å². The van der Waals surface area contributed by atoms with Gasteiger partial charge in [-0.05, 0) is 0 Å². The Morgan fingerprint density at radius 3 is 2.25 bits per heavy atom. The Balaban J connectivity index is 3.33.